The van der Waals surface area contributed by atoms with E-state index in [0.29, 0.717) is 5.56 Å². The summed E-state index contributed by atoms with van der Waals surface area (Å²) in [6, 6.07) is 22.1. The number of hydrogen-bond donors (Lipinski definition) is 0. The van der Waals surface area contributed by atoms with Gasteiger partial charge in [0.25, 0.3) is 0 Å². The van der Waals surface area contributed by atoms with E-state index in [2.05, 4.69) is 0 Å². The fourth-order valence-electron chi connectivity index (χ4n) is 3.85. The first-order chi connectivity index (χ1) is 13.8. The van der Waals surface area contributed by atoms with Gasteiger partial charge in [0.05, 0.1) is 14.7 Å². The number of sulfone groups is 1. The molecule has 0 N–H and O–H groups in total. The molecule has 0 saturated heterocycles. The molecule has 1 aliphatic rings. The normalized spacial score (nSPS) is 14.5. The van der Waals surface area contributed by atoms with Gasteiger partial charge >= 0.3 is 0 Å². The molecular weight excluding hydrogens is 408 g/mol. The van der Waals surface area contributed by atoms with Crippen molar-refractivity contribution in [2.75, 3.05) is 0 Å². The summed E-state index contributed by atoms with van der Waals surface area (Å²) >= 11 is 0. The van der Waals surface area contributed by atoms with Gasteiger partial charge in [-0.25, -0.2) is 16.8 Å². The van der Waals surface area contributed by atoms with E-state index < -0.39 is 24.9 Å². The van der Waals surface area contributed by atoms with Crippen LogP contribution < -0.4 is 0 Å². The third-order valence-corrected chi connectivity index (χ3v) is 7.89. The minimum absolute atomic E-state index is 0.00923. The van der Waals surface area contributed by atoms with Crippen LogP contribution in [-0.4, -0.2) is 21.4 Å². The molecule has 0 fully saturated rings. The van der Waals surface area contributed by atoms with E-state index in [4.69, 9.17) is 0 Å². The first kappa shape index (κ1) is 18.1. The predicted molar refractivity (Wildman–Crippen MR) is 108 cm³/mol. The molecule has 0 unspecified atom stereocenters. The van der Waals surface area contributed by atoms with Crippen LogP contribution in [0, 0.1) is 0 Å². The van der Waals surface area contributed by atoms with Gasteiger partial charge in [0.2, 0.25) is 9.84 Å². The fourth-order valence-corrected chi connectivity index (χ4v) is 5.99. The number of hydrogen-bond acceptors (Lipinski definition) is 5. The standard InChI is InChI=1S/C22H14O5S2/c23-28(24)21-10-8-15(18-7-3-5-14-4-1-2-6-17(14)18)12-19(21)20-13-16(29(25,26)27)9-11-22(20)28/h1-13H,(H,25,26,27)/p-1. The van der Waals surface area contributed by atoms with Crippen molar-refractivity contribution in [3.05, 3.63) is 78.9 Å². The molecule has 1 heterocycles. The Kier molecular flexibility index (Phi) is 3.73. The maximum absolute atomic E-state index is 12.9. The topological polar surface area (TPSA) is 91.3 Å². The summed E-state index contributed by atoms with van der Waals surface area (Å²) in [5, 5.41) is 2.07. The molecule has 1 aliphatic heterocycles. The van der Waals surface area contributed by atoms with Crippen LogP contribution in [0.4, 0.5) is 0 Å². The van der Waals surface area contributed by atoms with Crippen molar-refractivity contribution >= 4 is 30.7 Å². The van der Waals surface area contributed by atoms with E-state index in [9.17, 15) is 21.4 Å². The van der Waals surface area contributed by atoms with Gasteiger partial charge in [0, 0.05) is 11.1 Å². The lowest BCUT2D eigenvalue weighted by molar-refractivity contribution is 0.463. The Morgan fingerprint density at radius 2 is 1.34 bits per heavy atom. The largest absolute Gasteiger partial charge is 0.744 e. The number of rotatable bonds is 2. The lowest BCUT2D eigenvalue weighted by Crippen LogP contribution is -2.00. The maximum atomic E-state index is 12.9. The summed E-state index contributed by atoms with van der Waals surface area (Å²) in [5.74, 6) is 0. The first-order valence-corrected chi connectivity index (χ1v) is 11.6. The zero-order valence-corrected chi connectivity index (χ0v) is 16.5. The summed E-state index contributed by atoms with van der Waals surface area (Å²) in [7, 11) is -8.47. The highest BCUT2D eigenvalue weighted by atomic mass is 32.2. The molecule has 0 aromatic heterocycles. The Morgan fingerprint density at radius 3 is 2.10 bits per heavy atom. The van der Waals surface area contributed by atoms with Crippen molar-refractivity contribution in [1.82, 2.24) is 0 Å². The van der Waals surface area contributed by atoms with Crippen LogP contribution in [-0.2, 0) is 20.0 Å². The molecule has 0 atom stereocenters. The highest BCUT2D eigenvalue weighted by Gasteiger charge is 2.33. The molecule has 0 bridgehead atoms. The van der Waals surface area contributed by atoms with Crippen molar-refractivity contribution in [3.8, 4) is 22.3 Å². The first-order valence-electron chi connectivity index (χ1n) is 8.74. The van der Waals surface area contributed by atoms with Gasteiger partial charge in [-0.3, -0.25) is 0 Å². The molecule has 144 valence electrons. The minimum atomic E-state index is -4.70. The van der Waals surface area contributed by atoms with Crippen molar-refractivity contribution < 1.29 is 21.4 Å². The smallest absolute Gasteiger partial charge is 0.207 e. The quantitative estimate of drug-likeness (QED) is 0.398. The van der Waals surface area contributed by atoms with Gasteiger partial charge in [-0.2, -0.15) is 0 Å². The summed E-state index contributed by atoms with van der Waals surface area (Å²) in [5.41, 5.74) is 2.37. The van der Waals surface area contributed by atoms with E-state index in [1.165, 1.54) is 12.1 Å². The van der Waals surface area contributed by atoms with Gasteiger partial charge in [-0.15, -0.1) is 0 Å². The Morgan fingerprint density at radius 1 is 0.690 bits per heavy atom. The van der Waals surface area contributed by atoms with E-state index >= 15 is 0 Å². The average Bonchev–Trinajstić information content (AvgIpc) is 2.93. The van der Waals surface area contributed by atoms with Gasteiger partial charge in [-0.05, 0) is 52.2 Å². The van der Waals surface area contributed by atoms with Crippen LogP contribution in [0.15, 0.2) is 93.5 Å². The molecule has 5 nitrogen and oxygen atoms in total. The molecule has 5 rings (SSSR count). The molecule has 7 heteroatoms. The molecule has 29 heavy (non-hydrogen) atoms. The third kappa shape index (κ3) is 2.70. The monoisotopic (exact) mass is 421 g/mol. The van der Waals surface area contributed by atoms with E-state index in [0.717, 1.165) is 34.0 Å². The van der Waals surface area contributed by atoms with Crippen LogP contribution in [0.2, 0.25) is 0 Å². The number of benzene rings is 4. The SMILES string of the molecule is O=S(=O)([O-])c1ccc2c(c1)-c1cc(-c3cccc4ccccc34)ccc1S2(=O)=O. The van der Waals surface area contributed by atoms with Crippen LogP contribution in [0.3, 0.4) is 0 Å². The van der Waals surface area contributed by atoms with Crippen LogP contribution >= 0.6 is 0 Å². The lowest BCUT2D eigenvalue weighted by atomic mass is 9.95. The second-order valence-corrected chi connectivity index (χ2v) is 10.1. The van der Waals surface area contributed by atoms with E-state index in [-0.39, 0.29) is 15.4 Å². The Bertz CT molecular complexity index is 1530. The molecule has 4 aromatic rings. The Labute approximate surface area is 167 Å². The molecular formula is C22H13O5S2-. The Hall–Kier alpha value is -3.00. The zero-order valence-electron chi connectivity index (χ0n) is 14.9. The van der Waals surface area contributed by atoms with Crippen molar-refractivity contribution in [2.45, 2.75) is 14.7 Å². The second kappa shape index (κ2) is 6.00. The Balaban J connectivity index is 1.80. The van der Waals surface area contributed by atoms with E-state index in [1.807, 2.05) is 42.5 Å². The van der Waals surface area contributed by atoms with Crippen LogP contribution in [0.1, 0.15) is 0 Å². The van der Waals surface area contributed by atoms with Gasteiger partial charge in [-0.1, -0.05) is 48.5 Å². The molecule has 0 aliphatic carbocycles. The third-order valence-electron chi connectivity index (χ3n) is 5.19. The van der Waals surface area contributed by atoms with Crippen molar-refractivity contribution in [3.63, 3.8) is 0 Å². The summed E-state index contributed by atoms with van der Waals surface area (Å²) in [4.78, 5) is -0.332. The summed E-state index contributed by atoms with van der Waals surface area (Å²) in [6.07, 6.45) is 0. The molecule has 4 aromatic carbocycles. The van der Waals surface area contributed by atoms with Gasteiger partial charge in [0.1, 0.15) is 10.1 Å². The highest BCUT2D eigenvalue weighted by molar-refractivity contribution is 7.92. The van der Waals surface area contributed by atoms with Crippen LogP contribution in [0.5, 0.6) is 0 Å². The van der Waals surface area contributed by atoms with Crippen LogP contribution in [0.25, 0.3) is 33.0 Å². The highest BCUT2D eigenvalue weighted by Crippen LogP contribution is 2.45. The molecule has 0 amide bonds. The minimum Gasteiger partial charge on any atom is -0.744 e. The van der Waals surface area contributed by atoms with Crippen molar-refractivity contribution in [2.24, 2.45) is 0 Å². The number of fused-ring (bicyclic) bond motifs is 4. The zero-order chi connectivity index (χ0) is 20.4. The molecule has 0 spiro atoms. The van der Waals surface area contributed by atoms with Gasteiger partial charge in [0.15, 0.2) is 0 Å². The summed E-state index contributed by atoms with van der Waals surface area (Å²) < 4.78 is 60.0. The lowest BCUT2D eigenvalue weighted by Gasteiger charge is -2.10. The predicted octanol–water partition coefficient (Wildman–Crippen LogP) is 4.22. The molecule has 0 radical (unpaired) electrons. The fraction of sp³-hybridized carbons (Fsp3) is 0. The van der Waals surface area contributed by atoms with Crippen molar-refractivity contribution in [1.29, 1.82) is 0 Å². The molecule has 0 saturated carbocycles. The van der Waals surface area contributed by atoms with Gasteiger partial charge < -0.3 is 4.55 Å². The van der Waals surface area contributed by atoms with E-state index in [1.54, 1.807) is 12.1 Å². The summed E-state index contributed by atoms with van der Waals surface area (Å²) in [6.45, 7) is 0. The second-order valence-electron chi connectivity index (χ2n) is 6.85. The maximum Gasteiger partial charge on any atom is 0.207 e. The average molecular weight is 421 g/mol.